The van der Waals surface area contributed by atoms with Crippen LogP contribution in [0.1, 0.15) is 78.0 Å². The highest BCUT2D eigenvalue weighted by atomic mass is 16.6. The van der Waals surface area contributed by atoms with Gasteiger partial charge in [0.25, 0.3) is 0 Å². The summed E-state index contributed by atoms with van der Waals surface area (Å²) in [6, 6.07) is 1.90. The summed E-state index contributed by atoms with van der Waals surface area (Å²) in [5.41, 5.74) is 4.32. The van der Waals surface area contributed by atoms with E-state index in [-0.39, 0.29) is 18.6 Å². The van der Waals surface area contributed by atoms with Crippen molar-refractivity contribution in [3.8, 4) is 5.75 Å². The highest BCUT2D eigenvalue weighted by Gasteiger charge is 2.43. The molecule has 5 N–H and O–H groups in total. The number of methoxy groups -OCH3 is 1. The number of nitrogens with one attached hydrogen (secondary N) is 2. The lowest BCUT2D eigenvalue weighted by Crippen LogP contribution is -2.59. The van der Waals surface area contributed by atoms with Crippen LogP contribution < -0.4 is 16.4 Å². The number of aryl methyl sites for hydroxylation is 1. The van der Waals surface area contributed by atoms with Gasteiger partial charge in [-0.1, -0.05) is 13.0 Å². The molecule has 0 aromatic heterocycles. The van der Waals surface area contributed by atoms with Crippen LogP contribution in [0.3, 0.4) is 0 Å². The van der Waals surface area contributed by atoms with Crippen molar-refractivity contribution in [3.05, 3.63) is 29.3 Å². The van der Waals surface area contributed by atoms with Gasteiger partial charge in [0.2, 0.25) is 17.7 Å². The van der Waals surface area contributed by atoms with Gasteiger partial charge in [0, 0.05) is 12.0 Å². The number of nitrogens with zero attached hydrogens (tertiary/aromatic N) is 1. The summed E-state index contributed by atoms with van der Waals surface area (Å²) in [7, 11) is 1.18. The smallest absolute Gasteiger partial charge is 0.408 e. The fourth-order valence-electron chi connectivity index (χ4n) is 3.70. The molecule has 1 rings (SSSR count). The Kier molecular flexibility index (Phi) is 11.8. The van der Waals surface area contributed by atoms with Crippen LogP contribution in [-0.4, -0.2) is 70.6 Å². The molecular formula is C27H42N4O8. The molecule has 218 valence electrons. The van der Waals surface area contributed by atoms with Crippen LogP contribution in [0, 0.1) is 6.92 Å². The third-order valence-corrected chi connectivity index (χ3v) is 6.10. The van der Waals surface area contributed by atoms with Crippen LogP contribution in [-0.2, 0) is 28.7 Å². The van der Waals surface area contributed by atoms with E-state index in [1.54, 1.807) is 47.6 Å². The first-order chi connectivity index (χ1) is 17.9. The summed E-state index contributed by atoms with van der Waals surface area (Å²) < 4.78 is 9.94. The molecule has 0 aliphatic rings. The van der Waals surface area contributed by atoms with Gasteiger partial charge in [-0.15, -0.1) is 0 Å². The van der Waals surface area contributed by atoms with Crippen molar-refractivity contribution >= 4 is 29.8 Å². The number of nitrogens with two attached hydrogens (primary N) is 1. The Morgan fingerprint density at radius 3 is 2.21 bits per heavy atom. The number of phenols is 1. The fraction of sp³-hybridized carbons (Fsp3) is 0.593. The van der Waals surface area contributed by atoms with Gasteiger partial charge in [0.15, 0.2) is 0 Å². The van der Waals surface area contributed by atoms with Crippen LogP contribution in [0.25, 0.3) is 0 Å². The molecule has 39 heavy (non-hydrogen) atoms. The van der Waals surface area contributed by atoms with Crippen molar-refractivity contribution in [1.82, 2.24) is 15.5 Å². The number of alkyl carbamates (subject to hydrolysis) is 1. The first-order valence-electron chi connectivity index (χ1n) is 12.7. The molecule has 2 unspecified atom stereocenters. The average Bonchev–Trinajstić information content (AvgIpc) is 2.83. The lowest BCUT2D eigenvalue weighted by molar-refractivity contribution is -0.150. The summed E-state index contributed by atoms with van der Waals surface area (Å²) >= 11 is 0. The second kappa shape index (κ2) is 13.8. The average molecular weight is 551 g/mol. The number of esters is 1. The van der Waals surface area contributed by atoms with E-state index in [2.05, 4.69) is 15.4 Å². The zero-order valence-corrected chi connectivity index (χ0v) is 24.0. The topological polar surface area (TPSA) is 177 Å². The summed E-state index contributed by atoms with van der Waals surface area (Å²) in [5.74, 6) is -2.74. The highest BCUT2D eigenvalue weighted by molar-refractivity contribution is 5.94. The molecule has 2 atom stereocenters. The third-order valence-electron chi connectivity index (χ3n) is 6.10. The second-order valence-corrected chi connectivity index (χ2v) is 10.8. The molecule has 0 saturated heterocycles. The number of phenolic OH excluding ortho intramolecular Hbond substituents is 1. The molecule has 0 bridgehead atoms. The van der Waals surface area contributed by atoms with Crippen molar-refractivity contribution in [1.29, 1.82) is 0 Å². The Bertz CT molecular complexity index is 1060. The Morgan fingerprint density at radius 2 is 1.72 bits per heavy atom. The molecule has 0 heterocycles. The molecule has 1 aromatic rings. The van der Waals surface area contributed by atoms with Crippen LogP contribution in [0.2, 0.25) is 0 Å². The van der Waals surface area contributed by atoms with Crippen LogP contribution in [0.4, 0.5) is 4.79 Å². The molecule has 0 fully saturated rings. The molecule has 0 aliphatic heterocycles. The molecular weight excluding hydrogens is 508 g/mol. The molecule has 12 heteroatoms. The molecule has 12 nitrogen and oxygen atoms in total. The predicted molar refractivity (Wildman–Crippen MR) is 143 cm³/mol. The van der Waals surface area contributed by atoms with Gasteiger partial charge in [0.05, 0.1) is 7.11 Å². The van der Waals surface area contributed by atoms with E-state index < -0.39 is 59.6 Å². The molecule has 0 radical (unpaired) electrons. The Hall–Kier alpha value is -3.83. The van der Waals surface area contributed by atoms with Gasteiger partial charge in [-0.3, -0.25) is 19.2 Å². The maximum Gasteiger partial charge on any atom is 0.408 e. The van der Waals surface area contributed by atoms with Crippen LogP contribution >= 0.6 is 0 Å². The zero-order chi connectivity index (χ0) is 30.1. The van der Waals surface area contributed by atoms with E-state index in [0.29, 0.717) is 17.5 Å². The number of carbonyl (C=O) groups is 5. The largest absolute Gasteiger partial charge is 0.508 e. The van der Waals surface area contributed by atoms with E-state index in [9.17, 15) is 29.1 Å². The standard InChI is InChI=1S/C27H42N4O8/c1-9-27(6,7)31(24(36)18(11-13-20(28)33)30-25(37)39-26(3,4)5)22(23(35)29-15-21(34)38-8)17-10-12-19(32)16(2)14-17/h10,12,14,18,22,32H,9,11,13,15H2,1-8H3,(H2,28,33)(H,29,35)(H,30,37). The number of primary amides is 1. The normalized spacial score (nSPS) is 13.0. The number of amides is 4. The lowest BCUT2D eigenvalue weighted by atomic mass is 9.91. The first-order valence-corrected chi connectivity index (χ1v) is 12.7. The summed E-state index contributed by atoms with van der Waals surface area (Å²) in [6.07, 6.45) is -0.850. The summed E-state index contributed by atoms with van der Waals surface area (Å²) in [4.78, 5) is 65.1. The minimum Gasteiger partial charge on any atom is -0.508 e. The lowest BCUT2D eigenvalue weighted by Gasteiger charge is -2.44. The van der Waals surface area contributed by atoms with Gasteiger partial charge in [-0.25, -0.2) is 4.79 Å². The monoisotopic (exact) mass is 550 g/mol. The van der Waals surface area contributed by atoms with E-state index in [0.717, 1.165) is 0 Å². The fourth-order valence-corrected chi connectivity index (χ4v) is 3.70. The molecule has 0 aliphatic carbocycles. The van der Waals surface area contributed by atoms with Crippen LogP contribution in [0.5, 0.6) is 5.75 Å². The van der Waals surface area contributed by atoms with E-state index in [1.807, 2.05) is 6.92 Å². The summed E-state index contributed by atoms with van der Waals surface area (Å²) in [5, 5.41) is 15.1. The number of ether oxygens (including phenoxy) is 2. The first kappa shape index (κ1) is 33.2. The van der Waals surface area contributed by atoms with E-state index in [4.69, 9.17) is 10.5 Å². The molecule has 1 aromatic carbocycles. The molecule has 0 spiro atoms. The SMILES string of the molecule is CCC(C)(C)N(C(=O)C(CCC(N)=O)NC(=O)OC(C)(C)C)C(C(=O)NCC(=O)OC)c1ccc(O)c(C)c1. The zero-order valence-electron chi connectivity index (χ0n) is 24.0. The van der Waals surface area contributed by atoms with Crippen molar-refractivity contribution in [2.75, 3.05) is 13.7 Å². The van der Waals surface area contributed by atoms with Crippen LogP contribution in [0.15, 0.2) is 18.2 Å². The van der Waals surface area contributed by atoms with Crippen molar-refractivity contribution < 1.29 is 38.6 Å². The Balaban J connectivity index is 3.70. The highest BCUT2D eigenvalue weighted by Crippen LogP contribution is 2.34. The quantitative estimate of drug-likeness (QED) is 0.286. The van der Waals surface area contributed by atoms with Gasteiger partial charge in [-0.2, -0.15) is 0 Å². The molecule has 4 amide bonds. The van der Waals surface area contributed by atoms with E-state index >= 15 is 0 Å². The predicted octanol–water partition coefficient (Wildman–Crippen LogP) is 2.21. The van der Waals surface area contributed by atoms with Crippen molar-refractivity contribution in [2.24, 2.45) is 5.73 Å². The van der Waals surface area contributed by atoms with Crippen molar-refractivity contribution in [3.63, 3.8) is 0 Å². The number of rotatable bonds is 12. The van der Waals surface area contributed by atoms with Gasteiger partial charge < -0.3 is 35.8 Å². The summed E-state index contributed by atoms with van der Waals surface area (Å²) in [6.45, 7) is 11.5. The number of aromatic hydroxyl groups is 1. The Labute approximate surface area is 229 Å². The van der Waals surface area contributed by atoms with Gasteiger partial charge >= 0.3 is 12.1 Å². The maximum absolute atomic E-state index is 14.2. The third kappa shape index (κ3) is 10.1. The minimum absolute atomic E-state index is 0.00831. The van der Waals surface area contributed by atoms with Gasteiger partial charge in [-0.05, 0) is 77.6 Å². The van der Waals surface area contributed by atoms with E-state index in [1.165, 1.54) is 24.1 Å². The number of carbonyl (C=O) groups excluding carboxylic acids is 5. The van der Waals surface area contributed by atoms with Gasteiger partial charge in [0.1, 0.15) is 30.0 Å². The second-order valence-electron chi connectivity index (χ2n) is 10.8. The minimum atomic E-state index is -1.28. The number of hydrogen-bond acceptors (Lipinski definition) is 8. The Morgan fingerprint density at radius 1 is 1.10 bits per heavy atom. The molecule has 0 saturated carbocycles. The maximum atomic E-state index is 14.2. The van der Waals surface area contributed by atoms with Crippen molar-refractivity contribution in [2.45, 2.75) is 91.0 Å². The number of hydrogen-bond donors (Lipinski definition) is 4. The number of benzene rings is 1.